The van der Waals surface area contributed by atoms with Crippen LogP contribution in [0.5, 0.6) is 0 Å². The van der Waals surface area contributed by atoms with Crippen LogP contribution in [0.1, 0.15) is 12.8 Å². The van der Waals surface area contributed by atoms with Crippen molar-refractivity contribution < 1.29 is 9.90 Å². The highest BCUT2D eigenvalue weighted by molar-refractivity contribution is 5.67. The summed E-state index contributed by atoms with van der Waals surface area (Å²) in [6.45, 7) is 3.62. The van der Waals surface area contributed by atoms with E-state index in [4.69, 9.17) is 10.8 Å². The number of hydrogen-bond acceptors (Lipinski definition) is 3. The lowest BCUT2D eigenvalue weighted by Crippen LogP contribution is -2.47. The van der Waals surface area contributed by atoms with Crippen molar-refractivity contribution in [2.45, 2.75) is 12.8 Å². The van der Waals surface area contributed by atoms with E-state index in [1.54, 1.807) is 0 Å². The highest BCUT2D eigenvalue weighted by Crippen LogP contribution is 2.18. The number of carbonyl (C=O) groups is 1. The van der Waals surface area contributed by atoms with Gasteiger partial charge in [-0.15, -0.1) is 0 Å². The molecule has 0 bridgehead atoms. The molecule has 0 aromatic rings. The van der Waals surface area contributed by atoms with Crippen LogP contribution in [0.2, 0.25) is 0 Å². The van der Waals surface area contributed by atoms with Gasteiger partial charge in [-0.25, -0.2) is 0 Å². The third-order valence-corrected chi connectivity index (χ3v) is 2.17. The van der Waals surface area contributed by atoms with Crippen molar-refractivity contribution in [1.82, 2.24) is 4.90 Å². The first-order valence-corrected chi connectivity index (χ1v) is 4.36. The van der Waals surface area contributed by atoms with Crippen molar-refractivity contribution in [3.8, 4) is 0 Å². The van der Waals surface area contributed by atoms with Crippen LogP contribution < -0.4 is 5.73 Å². The smallest absolute Gasteiger partial charge is 0.303 e. The second kappa shape index (κ2) is 4.42. The first kappa shape index (κ1) is 9.48. The van der Waals surface area contributed by atoms with Gasteiger partial charge in [-0.1, -0.05) is 0 Å². The number of hydrogen-bond donors (Lipinski definition) is 2. The molecule has 12 heavy (non-hydrogen) atoms. The van der Waals surface area contributed by atoms with Gasteiger partial charge in [0.25, 0.3) is 0 Å². The van der Waals surface area contributed by atoms with E-state index in [1.807, 2.05) is 0 Å². The Bertz CT molecular complexity index is 155. The lowest BCUT2D eigenvalue weighted by atomic mass is 9.96. The molecule has 70 valence electrons. The van der Waals surface area contributed by atoms with Crippen LogP contribution >= 0.6 is 0 Å². The van der Waals surface area contributed by atoms with E-state index >= 15 is 0 Å². The number of carboxylic acids is 1. The summed E-state index contributed by atoms with van der Waals surface area (Å²) in [5.74, 6) is -0.307. The van der Waals surface area contributed by atoms with Crippen molar-refractivity contribution in [3.63, 3.8) is 0 Å². The summed E-state index contributed by atoms with van der Waals surface area (Å²) in [5, 5.41) is 8.47. The van der Waals surface area contributed by atoms with Gasteiger partial charge in [-0.3, -0.25) is 4.79 Å². The Morgan fingerprint density at radius 1 is 1.58 bits per heavy atom. The molecule has 3 N–H and O–H groups in total. The third kappa shape index (κ3) is 2.79. The molecule has 4 heteroatoms. The molecule has 0 aromatic carbocycles. The van der Waals surface area contributed by atoms with Gasteiger partial charge in [0, 0.05) is 13.1 Å². The number of rotatable bonds is 5. The van der Waals surface area contributed by atoms with E-state index in [0.29, 0.717) is 12.3 Å². The largest absolute Gasteiger partial charge is 0.481 e. The average Bonchev–Trinajstić information content (AvgIpc) is 1.93. The van der Waals surface area contributed by atoms with Gasteiger partial charge in [-0.2, -0.15) is 0 Å². The van der Waals surface area contributed by atoms with Crippen LogP contribution in [0.25, 0.3) is 0 Å². The summed E-state index contributed by atoms with van der Waals surface area (Å²) in [5.41, 5.74) is 5.35. The van der Waals surface area contributed by atoms with Crippen molar-refractivity contribution >= 4 is 5.97 Å². The molecular weight excluding hydrogens is 156 g/mol. The highest BCUT2D eigenvalue weighted by atomic mass is 16.4. The molecular formula is C8H16N2O2. The van der Waals surface area contributed by atoms with Gasteiger partial charge in [0.2, 0.25) is 0 Å². The average molecular weight is 172 g/mol. The summed E-state index contributed by atoms with van der Waals surface area (Å²) in [6, 6.07) is 0. The van der Waals surface area contributed by atoms with Crippen molar-refractivity contribution in [2.75, 3.05) is 26.2 Å². The zero-order valence-electron chi connectivity index (χ0n) is 7.20. The standard InChI is InChI=1S/C8H16N2O2/c9-2-1-3-10-5-7(6-10)4-8(11)12/h7H,1-6,9H2,(H,11,12). The predicted octanol–water partition coefficient (Wildman–Crippen LogP) is -0.258. The molecule has 1 heterocycles. The molecule has 1 saturated heterocycles. The number of carboxylic acid groups (broad SMARTS) is 1. The molecule has 0 aliphatic carbocycles. The van der Waals surface area contributed by atoms with Crippen LogP contribution in [-0.4, -0.2) is 42.2 Å². The second-order valence-electron chi connectivity index (χ2n) is 3.37. The Balaban J connectivity index is 2.00. The maximum atomic E-state index is 10.3. The van der Waals surface area contributed by atoms with Crippen LogP contribution in [-0.2, 0) is 4.79 Å². The Kier molecular flexibility index (Phi) is 3.49. The Morgan fingerprint density at radius 2 is 2.25 bits per heavy atom. The normalized spacial score (nSPS) is 19.1. The SMILES string of the molecule is NCCCN1CC(CC(=O)O)C1. The van der Waals surface area contributed by atoms with E-state index in [9.17, 15) is 4.79 Å². The van der Waals surface area contributed by atoms with Gasteiger partial charge in [0.15, 0.2) is 0 Å². The molecule has 0 amide bonds. The van der Waals surface area contributed by atoms with Gasteiger partial charge in [-0.05, 0) is 25.4 Å². The zero-order valence-corrected chi connectivity index (χ0v) is 7.20. The summed E-state index contributed by atoms with van der Waals surface area (Å²) in [4.78, 5) is 12.5. The van der Waals surface area contributed by atoms with Crippen molar-refractivity contribution in [2.24, 2.45) is 11.7 Å². The number of likely N-dealkylation sites (tertiary alicyclic amines) is 1. The maximum Gasteiger partial charge on any atom is 0.303 e. The summed E-state index contributed by atoms with van der Waals surface area (Å²) in [6.07, 6.45) is 1.33. The Morgan fingerprint density at radius 3 is 2.75 bits per heavy atom. The first-order chi connectivity index (χ1) is 5.72. The van der Waals surface area contributed by atoms with Gasteiger partial charge < -0.3 is 15.7 Å². The maximum absolute atomic E-state index is 10.3. The minimum absolute atomic E-state index is 0.319. The number of aliphatic carboxylic acids is 1. The zero-order chi connectivity index (χ0) is 8.97. The molecule has 1 aliphatic heterocycles. The molecule has 1 aliphatic rings. The highest BCUT2D eigenvalue weighted by Gasteiger charge is 2.27. The quantitative estimate of drug-likeness (QED) is 0.599. The Labute approximate surface area is 72.3 Å². The molecule has 1 rings (SSSR count). The van der Waals surface area contributed by atoms with Crippen LogP contribution in [0.15, 0.2) is 0 Å². The molecule has 1 fully saturated rings. The van der Waals surface area contributed by atoms with E-state index < -0.39 is 5.97 Å². The first-order valence-electron chi connectivity index (χ1n) is 4.36. The molecule has 0 atom stereocenters. The molecule has 4 nitrogen and oxygen atoms in total. The topological polar surface area (TPSA) is 66.6 Å². The second-order valence-corrected chi connectivity index (χ2v) is 3.37. The summed E-state index contributed by atoms with van der Waals surface area (Å²) < 4.78 is 0. The predicted molar refractivity (Wildman–Crippen MR) is 45.9 cm³/mol. The molecule has 0 spiro atoms. The van der Waals surface area contributed by atoms with E-state index in [-0.39, 0.29) is 0 Å². The lowest BCUT2D eigenvalue weighted by molar-refractivity contribution is -0.139. The van der Waals surface area contributed by atoms with Crippen LogP contribution in [0.3, 0.4) is 0 Å². The number of nitrogens with zero attached hydrogens (tertiary/aromatic N) is 1. The Hall–Kier alpha value is -0.610. The fourth-order valence-corrected chi connectivity index (χ4v) is 1.55. The van der Waals surface area contributed by atoms with Crippen molar-refractivity contribution in [1.29, 1.82) is 0 Å². The lowest BCUT2D eigenvalue weighted by Gasteiger charge is -2.38. The molecule has 0 unspecified atom stereocenters. The van der Waals surface area contributed by atoms with Crippen LogP contribution in [0, 0.1) is 5.92 Å². The van der Waals surface area contributed by atoms with Gasteiger partial charge >= 0.3 is 5.97 Å². The van der Waals surface area contributed by atoms with Gasteiger partial charge in [0.05, 0.1) is 6.42 Å². The monoisotopic (exact) mass is 172 g/mol. The molecule has 0 saturated carbocycles. The van der Waals surface area contributed by atoms with Crippen LogP contribution in [0.4, 0.5) is 0 Å². The van der Waals surface area contributed by atoms with Crippen molar-refractivity contribution in [3.05, 3.63) is 0 Å². The summed E-state index contributed by atoms with van der Waals surface area (Å²) in [7, 11) is 0. The van der Waals surface area contributed by atoms with Gasteiger partial charge in [0.1, 0.15) is 0 Å². The minimum Gasteiger partial charge on any atom is -0.481 e. The summed E-state index contributed by atoms with van der Waals surface area (Å²) >= 11 is 0. The molecule has 0 radical (unpaired) electrons. The number of nitrogens with two attached hydrogens (primary N) is 1. The fraction of sp³-hybridized carbons (Fsp3) is 0.875. The molecule has 0 aromatic heterocycles. The van der Waals surface area contributed by atoms with E-state index in [1.165, 1.54) is 0 Å². The fourth-order valence-electron chi connectivity index (χ4n) is 1.55. The van der Waals surface area contributed by atoms with E-state index in [0.717, 1.165) is 32.6 Å². The van der Waals surface area contributed by atoms with E-state index in [2.05, 4.69) is 4.90 Å². The minimum atomic E-state index is -0.682. The third-order valence-electron chi connectivity index (χ3n) is 2.17.